The predicted octanol–water partition coefficient (Wildman–Crippen LogP) is 4.14. The average Bonchev–Trinajstić information content (AvgIpc) is 3.09. The Morgan fingerprint density at radius 2 is 2.06 bits per heavy atom. The second-order valence-electron chi connectivity index (χ2n) is 6.59. The van der Waals surface area contributed by atoms with Crippen molar-refractivity contribution < 1.29 is 19.0 Å². The van der Waals surface area contributed by atoms with Crippen LogP contribution >= 0.6 is 11.8 Å². The van der Waals surface area contributed by atoms with Gasteiger partial charge in [0.25, 0.3) is 0 Å². The van der Waals surface area contributed by atoms with Crippen LogP contribution in [-0.2, 0) is 14.3 Å². The summed E-state index contributed by atoms with van der Waals surface area (Å²) in [5.41, 5.74) is 1.71. The van der Waals surface area contributed by atoms with Crippen molar-refractivity contribution in [3.8, 4) is 11.8 Å². The number of carbonyl (C=O) groups is 1. The predicted molar refractivity (Wildman–Crippen MR) is 119 cm³/mol. The minimum Gasteiger partial charge on any atom is -0.497 e. The minimum atomic E-state index is -0.590. The van der Waals surface area contributed by atoms with Gasteiger partial charge in [-0.2, -0.15) is 10.3 Å². The average molecular weight is 441 g/mol. The molecule has 3 rings (SSSR count). The molecule has 0 aromatic heterocycles. The molecule has 1 aromatic rings. The van der Waals surface area contributed by atoms with E-state index in [2.05, 4.69) is 16.1 Å². The van der Waals surface area contributed by atoms with Crippen LogP contribution in [0.5, 0.6) is 5.75 Å². The number of amidine groups is 1. The van der Waals surface area contributed by atoms with Crippen LogP contribution in [0.2, 0.25) is 0 Å². The number of hydrogen-bond acceptors (Lipinski definition) is 9. The monoisotopic (exact) mass is 440 g/mol. The first-order valence-corrected chi connectivity index (χ1v) is 10.7. The molecule has 0 unspecified atom stereocenters. The van der Waals surface area contributed by atoms with Gasteiger partial charge in [0.05, 0.1) is 37.6 Å². The highest BCUT2D eigenvalue weighted by Crippen LogP contribution is 2.47. The second kappa shape index (κ2) is 9.71. The number of methoxy groups -OCH3 is 1. The van der Waals surface area contributed by atoms with E-state index in [4.69, 9.17) is 14.2 Å². The summed E-state index contributed by atoms with van der Waals surface area (Å²) in [6, 6.07) is 9.04. The topological polar surface area (TPSA) is 96.5 Å². The number of thioether (sulfide) groups is 1. The van der Waals surface area contributed by atoms with E-state index in [1.165, 1.54) is 11.8 Å². The van der Waals surface area contributed by atoms with E-state index >= 15 is 0 Å². The summed E-state index contributed by atoms with van der Waals surface area (Å²) in [5.74, 6) is 0.991. The van der Waals surface area contributed by atoms with Crippen LogP contribution in [0.3, 0.4) is 0 Å². The standard InChI is InChI=1S/C22H24N4O4S/c1-6-29-14(4)25-20-17(12-23)31-22-24-13(3)18(21(27)30-7-2)19(26(20)22)15-9-8-10-16(11-15)28-5/h8-11,19H,6-7H2,1-5H3/b25-14+/t19-/m0/s1. The number of fused-ring (bicyclic) bond motifs is 1. The second-order valence-corrected chi connectivity index (χ2v) is 7.57. The molecule has 1 atom stereocenters. The Bertz CT molecular complexity index is 1050. The van der Waals surface area contributed by atoms with Gasteiger partial charge in [0.2, 0.25) is 0 Å². The van der Waals surface area contributed by atoms with Crippen LogP contribution in [0.25, 0.3) is 0 Å². The van der Waals surface area contributed by atoms with Crippen molar-refractivity contribution >= 4 is 28.8 Å². The molecule has 1 aromatic carbocycles. The molecule has 0 saturated carbocycles. The molecule has 0 radical (unpaired) electrons. The van der Waals surface area contributed by atoms with Gasteiger partial charge in [-0.1, -0.05) is 12.1 Å². The number of carbonyl (C=O) groups excluding carboxylic acids is 1. The van der Waals surface area contributed by atoms with Crippen molar-refractivity contribution in [2.75, 3.05) is 20.3 Å². The van der Waals surface area contributed by atoms with Crippen molar-refractivity contribution in [1.29, 1.82) is 5.26 Å². The summed E-state index contributed by atoms with van der Waals surface area (Å²) >= 11 is 1.22. The molecule has 2 aliphatic heterocycles. The SMILES string of the molecule is CCOC(=O)C1=C(C)N=C2SC(C#N)=C(/N=C(\C)OCC)N2[C@H]1c1cccc(OC)c1. The Balaban J connectivity index is 2.22. The number of ether oxygens (including phenoxy) is 3. The zero-order valence-electron chi connectivity index (χ0n) is 18.1. The minimum absolute atomic E-state index is 0.236. The van der Waals surface area contributed by atoms with Gasteiger partial charge >= 0.3 is 5.97 Å². The largest absolute Gasteiger partial charge is 0.497 e. The third kappa shape index (κ3) is 4.44. The van der Waals surface area contributed by atoms with Crippen LogP contribution in [0.1, 0.15) is 39.3 Å². The lowest BCUT2D eigenvalue weighted by Gasteiger charge is -2.35. The quantitative estimate of drug-likeness (QED) is 0.373. The highest BCUT2D eigenvalue weighted by Gasteiger charge is 2.43. The molecule has 0 amide bonds. The molecule has 0 fully saturated rings. The third-order valence-corrected chi connectivity index (χ3v) is 5.59. The van der Waals surface area contributed by atoms with Gasteiger partial charge in [-0.05, 0) is 50.2 Å². The molecular weight excluding hydrogens is 416 g/mol. The third-order valence-electron chi connectivity index (χ3n) is 4.64. The molecule has 8 nitrogen and oxygen atoms in total. The molecule has 9 heteroatoms. The lowest BCUT2D eigenvalue weighted by Crippen LogP contribution is -2.36. The number of nitrogens with zero attached hydrogens (tertiary/aromatic N) is 4. The van der Waals surface area contributed by atoms with E-state index in [0.717, 1.165) is 5.56 Å². The van der Waals surface area contributed by atoms with E-state index in [9.17, 15) is 10.1 Å². The fourth-order valence-corrected chi connectivity index (χ4v) is 4.33. The number of allylic oxidation sites excluding steroid dienone is 2. The molecule has 0 N–H and O–H groups in total. The number of nitriles is 1. The smallest absolute Gasteiger partial charge is 0.338 e. The van der Waals surface area contributed by atoms with Crippen molar-refractivity contribution in [2.24, 2.45) is 9.98 Å². The summed E-state index contributed by atoms with van der Waals surface area (Å²) in [6.07, 6.45) is 0. The highest BCUT2D eigenvalue weighted by atomic mass is 32.2. The Hall–Kier alpha value is -3.25. The first-order valence-electron chi connectivity index (χ1n) is 9.85. The molecular formula is C22H24N4O4S. The van der Waals surface area contributed by atoms with Gasteiger partial charge in [-0.3, -0.25) is 4.90 Å². The maximum Gasteiger partial charge on any atom is 0.338 e. The molecule has 0 saturated heterocycles. The molecule has 0 aliphatic carbocycles. The number of hydrogen-bond donors (Lipinski definition) is 0. The molecule has 162 valence electrons. The summed E-state index contributed by atoms with van der Waals surface area (Å²) in [6.45, 7) is 7.79. The number of aliphatic imine (C=N–C) groups is 2. The number of benzene rings is 1. The van der Waals surface area contributed by atoms with Crippen LogP contribution in [-0.4, -0.2) is 42.3 Å². The van der Waals surface area contributed by atoms with Crippen molar-refractivity contribution in [2.45, 2.75) is 33.7 Å². The lowest BCUT2D eigenvalue weighted by molar-refractivity contribution is -0.139. The fraction of sp³-hybridized carbons (Fsp3) is 0.364. The van der Waals surface area contributed by atoms with Gasteiger partial charge < -0.3 is 14.2 Å². The summed E-state index contributed by atoms with van der Waals surface area (Å²) in [7, 11) is 1.58. The number of esters is 1. The molecule has 0 bridgehead atoms. The Morgan fingerprint density at radius 1 is 1.32 bits per heavy atom. The van der Waals surface area contributed by atoms with Gasteiger partial charge in [0.1, 0.15) is 16.7 Å². The fourth-order valence-electron chi connectivity index (χ4n) is 3.39. The Morgan fingerprint density at radius 3 is 2.71 bits per heavy atom. The van der Waals surface area contributed by atoms with E-state index in [0.29, 0.717) is 45.4 Å². The van der Waals surface area contributed by atoms with Gasteiger partial charge in [0, 0.05) is 6.92 Å². The zero-order chi connectivity index (χ0) is 22.5. The van der Waals surface area contributed by atoms with Crippen LogP contribution in [0, 0.1) is 11.3 Å². The molecule has 0 spiro atoms. The number of rotatable bonds is 6. The van der Waals surface area contributed by atoms with Crippen molar-refractivity contribution in [1.82, 2.24) is 4.90 Å². The Kier molecular flexibility index (Phi) is 7.02. The van der Waals surface area contributed by atoms with Crippen molar-refractivity contribution in [3.63, 3.8) is 0 Å². The normalized spacial score (nSPS) is 18.5. The van der Waals surface area contributed by atoms with Crippen LogP contribution in [0.4, 0.5) is 0 Å². The van der Waals surface area contributed by atoms with Crippen molar-refractivity contribution in [3.05, 3.63) is 51.8 Å². The summed E-state index contributed by atoms with van der Waals surface area (Å²) in [4.78, 5) is 24.3. The van der Waals surface area contributed by atoms with Gasteiger partial charge in [-0.25, -0.2) is 9.79 Å². The molecule has 2 heterocycles. The summed E-state index contributed by atoms with van der Waals surface area (Å²) < 4.78 is 16.2. The van der Waals surface area contributed by atoms with E-state index < -0.39 is 12.0 Å². The summed E-state index contributed by atoms with van der Waals surface area (Å²) in [5, 5.41) is 10.3. The first-order chi connectivity index (χ1) is 14.9. The maximum atomic E-state index is 13.0. The highest BCUT2D eigenvalue weighted by molar-refractivity contribution is 8.17. The first kappa shape index (κ1) is 22.4. The lowest BCUT2D eigenvalue weighted by atomic mass is 9.94. The van der Waals surface area contributed by atoms with E-state index in [1.807, 2.05) is 31.2 Å². The van der Waals surface area contributed by atoms with Crippen LogP contribution in [0.15, 0.2) is 56.2 Å². The Labute approximate surface area is 185 Å². The maximum absolute atomic E-state index is 13.0. The zero-order valence-corrected chi connectivity index (χ0v) is 18.9. The van der Waals surface area contributed by atoms with E-state index in [1.54, 1.807) is 32.8 Å². The van der Waals surface area contributed by atoms with Gasteiger partial charge in [-0.15, -0.1) is 0 Å². The van der Waals surface area contributed by atoms with E-state index in [-0.39, 0.29) is 6.61 Å². The molecule has 31 heavy (non-hydrogen) atoms. The van der Waals surface area contributed by atoms with Crippen LogP contribution < -0.4 is 4.74 Å². The van der Waals surface area contributed by atoms with Gasteiger partial charge in [0.15, 0.2) is 16.9 Å². The molecule has 2 aliphatic rings.